The van der Waals surface area contributed by atoms with Crippen LogP contribution in [0.1, 0.15) is 44.9 Å². The zero-order valence-corrected chi connectivity index (χ0v) is 19.0. The summed E-state index contributed by atoms with van der Waals surface area (Å²) in [7, 11) is -3.64. The maximum Gasteiger partial charge on any atom is 0.243 e. The molecule has 0 aromatic heterocycles. The Labute approximate surface area is 185 Å². The van der Waals surface area contributed by atoms with Crippen molar-refractivity contribution in [2.75, 3.05) is 45.8 Å². The van der Waals surface area contributed by atoms with Gasteiger partial charge >= 0.3 is 0 Å². The maximum absolute atomic E-state index is 13.1. The monoisotopic (exact) mass is 451 g/mol. The molecule has 0 radical (unpaired) electrons. The molecule has 1 aromatic carbocycles. The van der Waals surface area contributed by atoms with E-state index in [-0.39, 0.29) is 16.7 Å². The Bertz CT molecular complexity index is 839. The number of piperazine rings is 1. The lowest BCUT2D eigenvalue weighted by Gasteiger charge is -2.39. The van der Waals surface area contributed by atoms with Crippen molar-refractivity contribution >= 4 is 15.9 Å². The molecule has 31 heavy (non-hydrogen) atoms. The Morgan fingerprint density at radius 3 is 2.10 bits per heavy atom. The number of carbonyl (C=O) groups excluding carboxylic acids is 1. The highest BCUT2D eigenvalue weighted by Crippen LogP contribution is 2.27. The molecule has 1 aliphatic carbocycles. The zero-order valence-electron chi connectivity index (χ0n) is 18.2. The third kappa shape index (κ3) is 5.46. The van der Waals surface area contributed by atoms with Crippen LogP contribution in [0.3, 0.4) is 0 Å². The van der Waals surface area contributed by atoms with E-state index < -0.39 is 15.8 Å². The number of halogens is 1. The normalized spacial score (nSPS) is 23.2. The Kier molecular flexibility index (Phi) is 7.29. The van der Waals surface area contributed by atoms with E-state index in [9.17, 15) is 17.6 Å². The summed E-state index contributed by atoms with van der Waals surface area (Å²) in [6.45, 7) is 5.27. The molecule has 1 amide bonds. The number of nitrogens with zero attached hydrogens (tertiary/aromatic N) is 3. The number of hydrogen-bond acceptors (Lipinski definition) is 4. The van der Waals surface area contributed by atoms with E-state index in [1.807, 2.05) is 4.90 Å². The van der Waals surface area contributed by atoms with Gasteiger partial charge in [0.1, 0.15) is 5.82 Å². The standard InChI is InChI=1S/C23H34FN3O3S/c24-21-6-8-22(9-7-21)31(29,30)27-12-10-20(11-13-27)23(28)26-16-14-25(15-17-26)18-19-4-2-1-3-5-19/h6-9,19-20H,1-5,10-18H2. The van der Waals surface area contributed by atoms with Crippen LogP contribution in [0.25, 0.3) is 0 Å². The largest absolute Gasteiger partial charge is 0.340 e. The second-order valence-electron chi connectivity index (χ2n) is 9.26. The van der Waals surface area contributed by atoms with Gasteiger partial charge in [0, 0.05) is 51.7 Å². The smallest absolute Gasteiger partial charge is 0.243 e. The van der Waals surface area contributed by atoms with E-state index in [4.69, 9.17) is 0 Å². The predicted octanol–water partition coefficient (Wildman–Crippen LogP) is 2.95. The average molecular weight is 452 g/mol. The molecule has 3 fully saturated rings. The van der Waals surface area contributed by atoms with E-state index >= 15 is 0 Å². The third-order valence-corrected chi connectivity index (χ3v) is 9.09. The number of hydrogen-bond donors (Lipinski definition) is 0. The first kappa shape index (κ1) is 22.7. The van der Waals surface area contributed by atoms with Gasteiger partial charge in [0.25, 0.3) is 0 Å². The fourth-order valence-electron chi connectivity index (χ4n) is 5.24. The lowest BCUT2D eigenvalue weighted by Crippen LogP contribution is -2.52. The van der Waals surface area contributed by atoms with Crippen LogP contribution in [0, 0.1) is 17.7 Å². The summed E-state index contributed by atoms with van der Waals surface area (Å²) < 4.78 is 40.1. The third-order valence-electron chi connectivity index (χ3n) is 7.18. The second-order valence-corrected chi connectivity index (χ2v) is 11.2. The fraction of sp³-hybridized carbons (Fsp3) is 0.696. The van der Waals surface area contributed by atoms with Crippen LogP contribution < -0.4 is 0 Å². The van der Waals surface area contributed by atoms with Crippen LogP contribution in [0.4, 0.5) is 4.39 Å². The Hall–Kier alpha value is -1.51. The van der Waals surface area contributed by atoms with Crippen molar-refractivity contribution < 1.29 is 17.6 Å². The number of amides is 1. The number of piperidine rings is 1. The summed E-state index contributed by atoms with van der Waals surface area (Å²) in [5.41, 5.74) is 0. The summed E-state index contributed by atoms with van der Waals surface area (Å²) in [5, 5.41) is 0. The van der Waals surface area contributed by atoms with E-state index in [0.717, 1.165) is 44.2 Å². The number of rotatable bonds is 5. The molecular formula is C23H34FN3O3S. The summed E-state index contributed by atoms with van der Waals surface area (Å²) in [4.78, 5) is 17.6. The topological polar surface area (TPSA) is 60.9 Å². The van der Waals surface area contributed by atoms with Crippen LogP contribution in [-0.2, 0) is 14.8 Å². The molecule has 2 saturated heterocycles. The van der Waals surface area contributed by atoms with Gasteiger partial charge in [-0.05, 0) is 55.9 Å². The first-order valence-electron chi connectivity index (χ1n) is 11.7. The minimum absolute atomic E-state index is 0.104. The highest BCUT2D eigenvalue weighted by Gasteiger charge is 2.34. The van der Waals surface area contributed by atoms with Crippen LogP contribution in [0.15, 0.2) is 29.2 Å². The molecule has 0 spiro atoms. The van der Waals surface area contributed by atoms with Crippen molar-refractivity contribution in [1.82, 2.24) is 14.1 Å². The highest BCUT2D eigenvalue weighted by molar-refractivity contribution is 7.89. The van der Waals surface area contributed by atoms with Crippen molar-refractivity contribution in [3.63, 3.8) is 0 Å². The fourth-order valence-corrected chi connectivity index (χ4v) is 6.71. The Balaban J connectivity index is 1.24. The van der Waals surface area contributed by atoms with Gasteiger partial charge in [-0.2, -0.15) is 4.31 Å². The molecule has 0 atom stereocenters. The molecule has 2 heterocycles. The second kappa shape index (κ2) is 9.96. The average Bonchev–Trinajstić information content (AvgIpc) is 2.80. The van der Waals surface area contributed by atoms with Crippen molar-refractivity contribution in [3.05, 3.63) is 30.1 Å². The SMILES string of the molecule is O=C(C1CCN(S(=O)(=O)c2ccc(F)cc2)CC1)N1CCN(CC2CCCCC2)CC1. The molecule has 0 bridgehead atoms. The van der Waals surface area contributed by atoms with Gasteiger partial charge in [0.15, 0.2) is 0 Å². The van der Waals surface area contributed by atoms with E-state index in [0.29, 0.717) is 25.9 Å². The lowest BCUT2D eigenvalue weighted by molar-refractivity contribution is -0.138. The number of benzene rings is 1. The van der Waals surface area contributed by atoms with Gasteiger partial charge in [-0.1, -0.05) is 19.3 Å². The molecular weight excluding hydrogens is 417 g/mol. The lowest BCUT2D eigenvalue weighted by atomic mass is 9.89. The maximum atomic E-state index is 13.1. The van der Waals surface area contributed by atoms with Crippen molar-refractivity contribution in [1.29, 1.82) is 0 Å². The van der Waals surface area contributed by atoms with Crippen molar-refractivity contribution in [3.8, 4) is 0 Å². The molecule has 6 nitrogen and oxygen atoms in total. The van der Waals surface area contributed by atoms with Crippen LogP contribution >= 0.6 is 0 Å². The van der Waals surface area contributed by atoms with Gasteiger partial charge in [-0.3, -0.25) is 9.69 Å². The molecule has 1 aromatic rings. The number of sulfonamides is 1. The molecule has 0 unspecified atom stereocenters. The van der Waals surface area contributed by atoms with Gasteiger partial charge in [-0.25, -0.2) is 12.8 Å². The molecule has 2 aliphatic heterocycles. The summed E-state index contributed by atoms with van der Waals surface area (Å²) >= 11 is 0. The van der Waals surface area contributed by atoms with E-state index in [2.05, 4.69) is 4.90 Å². The molecule has 1 saturated carbocycles. The first-order valence-corrected chi connectivity index (χ1v) is 13.1. The zero-order chi connectivity index (χ0) is 21.8. The summed E-state index contributed by atoms with van der Waals surface area (Å²) in [5.74, 6) is 0.436. The number of carbonyl (C=O) groups is 1. The summed E-state index contributed by atoms with van der Waals surface area (Å²) in [6.07, 6.45) is 7.88. The molecule has 172 valence electrons. The predicted molar refractivity (Wildman–Crippen MR) is 117 cm³/mol. The van der Waals surface area contributed by atoms with Gasteiger partial charge < -0.3 is 4.90 Å². The van der Waals surface area contributed by atoms with Crippen molar-refractivity contribution in [2.45, 2.75) is 49.8 Å². The highest BCUT2D eigenvalue weighted by atomic mass is 32.2. The summed E-state index contributed by atoms with van der Waals surface area (Å²) in [6, 6.07) is 4.93. The molecule has 8 heteroatoms. The minimum Gasteiger partial charge on any atom is -0.340 e. The molecule has 0 N–H and O–H groups in total. The van der Waals surface area contributed by atoms with Gasteiger partial charge in [0.05, 0.1) is 4.90 Å². The van der Waals surface area contributed by atoms with E-state index in [1.54, 1.807) is 0 Å². The van der Waals surface area contributed by atoms with Crippen LogP contribution in [0.2, 0.25) is 0 Å². The Morgan fingerprint density at radius 1 is 0.871 bits per heavy atom. The van der Waals surface area contributed by atoms with Crippen LogP contribution in [0.5, 0.6) is 0 Å². The van der Waals surface area contributed by atoms with E-state index in [1.165, 1.54) is 55.1 Å². The molecule has 4 rings (SSSR count). The minimum atomic E-state index is -3.64. The Morgan fingerprint density at radius 2 is 1.48 bits per heavy atom. The first-order chi connectivity index (χ1) is 14.9. The molecule has 3 aliphatic rings. The van der Waals surface area contributed by atoms with Crippen molar-refractivity contribution in [2.24, 2.45) is 11.8 Å². The van der Waals surface area contributed by atoms with Gasteiger partial charge in [-0.15, -0.1) is 0 Å². The van der Waals surface area contributed by atoms with Crippen LogP contribution in [-0.4, -0.2) is 74.2 Å². The van der Waals surface area contributed by atoms with Gasteiger partial charge in [0.2, 0.25) is 15.9 Å². The quantitative estimate of drug-likeness (QED) is 0.691.